The maximum atomic E-state index is 13.0. The molecule has 1 aliphatic heterocycles. The van der Waals surface area contributed by atoms with Crippen LogP contribution in [0, 0.1) is 5.92 Å². The summed E-state index contributed by atoms with van der Waals surface area (Å²) in [5, 5.41) is 10.8. The van der Waals surface area contributed by atoms with Gasteiger partial charge in [0, 0.05) is 11.1 Å². The third-order valence-corrected chi connectivity index (χ3v) is 6.23. The Morgan fingerprint density at radius 3 is 2.39 bits per heavy atom. The molecule has 200 valence electrons. The summed E-state index contributed by atoms with van der Waals surface area (Å²) < 4.78 is 32.8. The second kappa shape index (κ2) is 12.1. The van der Waals surface area contributed by atoms with E-state index >= 15 is 0 Å². The van der Waals surface area contributed by atoms with Crippen molar-refractivity contribution in [2.45, 2.75) is 78.8 Å². The molecule has 10 nitrogen and oxygen atoms in total. The summed E-state index contributed by atoms with van der Waals surface area (Å²) in [5.41, 5.74) is -1.38. The van der Waals surface area contributed by atoms with E-state index in [-0.39, 0.29) is 6.79 Å². The molecule has 0 radical (unpaired) electrons. The molecule has 10 heteroatoms. The average Bonchev–Trinajstić information content (AvgIpc) is 3.33. The van der Waals surface area contributed by atoms with Gasteiger partial charge in [0.15, 0.2) is 23.2 Å². The number of hydrogen-bond donors (Lipinski definition) is 1. The third-order valence-electron chi connectivity index (χ3n) is 6.23. The molecule has 0 unspecified atom stereocenters. The first-order valence-corrected chi connectivity index (χ1v) is 11.8. The van der Waals surface area contributed by atoms with Gasteiger partial charge in [0.1, 0.15) is 12.2 Å². The summed E-state index contributed by atoms with van der Waals surface area (Å²) in [5.74, 6) is -1.46. The highest BCUT2D eigenvalue weighted by Gasteiger charge is 2.43. The highest BCUT2D eigenvalue weighted by Crippen LogP contribution is 2.44. The summed E-state index contributed by atoms with van der Waals surface area (Å²) in [6, 6.07) is 3.20. The molecule has 0 aliphatic carbocycles. The quantitative estimate of drug-likeness (QED) is 0.269. The molecule has 2 rings (SSSR count). The molecule has 1 aromatic carbocycles. The number of methoxy groups -OCH3 is 1. The lowest BCUT2D eigenvalue weighted by Crippen LogP contribution is -2.50. The number of esters is 3. The van der Waals surface area contributed by atoms with Gasteiger partial charge in [0.2, 0.25) is 12.5 Å². The molecule has 0 saturated heterocycles. The van der Waals surface area contributed by atoms with Crippen LogP contribution in [0.2, 0.25) is 0 Å². The summed E-state index contributed by atoms with van der Waals surface area (Å²) in [4.78, 5) is 37.8. The Balaban J connectivity index is 2.32. The fourth-order valence-electron chi connectivity index (χ4n) is 3.16. The molecule has 0 fully saturated rings. The third kappa shape index (κ3) is 6.48. The number of carbonyl (C=O) groups is 3. The van der Waals surface area contributed by atoms with Crippen LogP contribution >= 0.6 is 0 Å². The number of aliphatic hydroxyl groups is 1. The Morgan fingerprint density at radius 2 is 1.81 bits per heavy atom. The Labute approximate surface area is 211 Å². The lowest BCUT2D eigenvalue weighted by atomic mass is 9.99. The molecule has 0 aromatic heterocycles. The molecule has 36 heavy (non-hydrogen) atoms. The Hall–Kier alpha value is -3.27. The zero-order valence-corrected chi connectivity index (χ0v) is 22.1. The second-order valence-electron chi connectivity index (χ2n) is 8.90. The van der Waals surface area contributed by atoms with Gasteiger partial charge in [-0.05, 0) is 53.2 Å². The fraction of sp³-hybridized carbons (Fsp3) is 0.577. The van der Waals surface area contributed by atoms with Gasteiger partial charge in [0.25, 0.3) is 0 Å². The van der Waals surface area contributed by atoms with E-state index in [1.807, 2.05) is 6.92 Å². The minimum atomic E-state index is -2.16. The van der Waals surface area contributed by atoms with Crippen LogP contribution in [-0.2, 0) is 28.6 Å². The minimum absolute atomic E-state index is 0.00204. The first-order chi connectivity index (χ1) is 16.9. The van der Waals surface area contributed by atoms with E-state index < -0.39 is 47.7 Å². The maximum Gasteiger partial charge on any atom is 0.342 e. The zero-order chi connectivity index (χ0) is 27.2. The van der Waals surface area contributed by atoms with Crippen molar-refractivity contribution in [3.05, 3.63) is 29.3 Å². The second-order valence-corrected chi connectivity index (χ2v) is 8.90. The average molecular weight is 509 g/mol. The molecule has 1 aromatic rings. The van der Waals surface area contributed by atoms with Gasteiger partial charge < -0.3 is 33.5 Å². The lowest BCUT2D eigenvalue weighted by molar-refractivity contribution is -0.194. The molecule has 1 aliphatic rings. The summed E-state index contributed by atoms with van der Waals surface area (Å²) in [6.07, 6.45) is -1.19. The van der Waals surface area contributed by atoms with Crippen molar-refractivity contribution in [2.24, 2.45) is 5.92 Å². The SMILES string of the molecule is C/C=C(/C)C(=O)O[C@H](c1cc(OC)c2c(c1)OCO2)[C@H](C)OC(=O)[C@@](C)(O)[C@@H](C)OC(=O)[C@H](C)CC. The molecule has 0 bridgehead atoms. The van der Waals surface area contributed by atoms with Crippen LogP contribution in [0.15, 0.2) is 23.8 Å². The van der Waals surface area contributed by atoms with E-state index in [1.54, 1.807) is 39.0 Å². The summed E-state index contributed by atoms with van der Waals surface area (Å²) in [7, 11) is 1.45. The van der Waals surface area contributed by atoms with Crippen molar-refractivity contribution in [1.82, 2.24) is 0 Å². The van der Waals surface area contributed by atoms with Gasteiger partial charge in [-0.15, -0.1) is 0 Å². The number of benzene rings is 1. The summed E-state index contributed by atoms with van der Waals surface area (Å²) >= 11 is 0. The zero-order valence-electron chi connectivity index (χ0n) is 22.1. The topological polar surface area (TPSA) is 127 Å². The molecule has 0 saturated carbocycles. The van der Waals surface area contributed by atoms with Crippen molar-refractivity contribution >= 4 is 17.9 Å². The molecule has 1 N–H and O–H groups in total. The molecule has 1 heterocycles. The number of rotatable bonds is 11. The van der Waals surface area contributed by atoms with Gasteiger partial charge in [-0.1, -0.05) is 19.9 Å². The van der Waals surface area contributed by atoms with Crippen LogP contribution < -0.4 is 14.2 Å². The van der Waals surface area contributed by atoms with E-state index in [2.05, 4.69) is 0 Å². The van der Waals surface area contributed by atoms with Crippen LogP contribution in [0.4, 0.5) is 0 Å². The largest absolute Gasteiger partial charge is 0.493 e. The van der Waals surface area contributed by atoms with Crippen LogP contribution in [-0.4, -0.2) is 54.7 Å². The standard InChI is InChI=1S/C26H36O10/c1-9-14(3)23(27)35-17(6)26(7,30)25(29)34-16(5)21(36-24(28)15(4)10-2)18-11-19(31-8)22-20(12-18)32-13-33-22/h10-12,14,16-17,21,30H,9,13H2,1-8H3/b15-10-/t14-,16+,17-,21+,26+/m1/s1. The predicted molar refractivity (Wildman–Crippen MR) is 129 cm³/mol. The summed E-state index contributed by atoms with van der Waals surface area (Å²) in [6.45, 7) is 10.9. The number of carbonyl (C=O) groups excluding carboxylic acids is 3. The number of allylic oxidation sites excluding steroid dienone is 1. The Morgan fingerprint density at radius 1 is 1.14 bits per heavy atom. The van der Waals surface area contributed by atoms with Crippen LogP contribution in [0.5, 0.6) is 17.2 Å². The van der Waals surface area contributed by atoms with Crippen molar-refractivity contribution in [2.75, 3.05) is 13.9 Å². The van der Waals surface area contributed by atoms with Crippen molar-refractivity contribution in [3.63, 3.8) is 0 Å². The minimum Gasteiger partial charge on any atom is -0.493 e. The smallest absolute Gasteiger partial charge is 0.342 e. The molecule has 0 spiro atoms. The van der Waals surface area contributed by atoms with Gasteiger partial charge in [-0.25, -0.2) is 9.59 Å². The first kappa shape index (κ1) is 29.0. The van der Waals surface area contributed by atoms with Crippen LogP contribution in [0.3, 0.4) is 0 Å². The number of ether oxygens (including phenoxy) is 6. The molecule has 0 amide bonds. The lowest BCUT2D eigenvalue weighted by Gasteiger charge is -2.31. The van der Waals surface area contributed by atoms with Gasteiger partial charge in [0.05, 0.1) is 13.0 Å². The predicted octanol–water partition coefficient (Wildman–Crippen LogP) is 3.63. The first-order valence-electron chi connectivity index (χ1n) is 11.8. The highest BCUT2D eigenvalue weighted by atomic mass is 16.7. The molecule has 5 atom stereocenters. The fourth-order valence-corrected chi connectivity index (χ4v) is 3.16. The number of fused-ring (bicyclic) bond motifs is 1. The van der Waals surface area contributed by atoms with E-state index in [4.69, 9.17) is 28.4 Å². The Bertz CT molecular complexity index is 997. The van der Waals surface area contributed by atoms with Gasteiger partial charge in [-0.3, -0.25) is 4.79 Å². The van der Waals surface area contributed by atoms with E-state index in [0.29, 0.717) is 34.8 Å². The number of hydrogen-bond acceptors (Lipinski definition) is 10. The van der Waals surface area contributed by atoms with Crippen LogP contribution in [0.1, 0.15) is 66.6 Å². The van der Waals surface area contributed by atoms with Gasteiger partial charge >= 0.3 is 17.9 Å². The van der Waals surface area contributed by atoms with E-state index in [9.17, 15) is 19.5 Å². The van der Waals surface area contributed by atoms with E-state index in [0.717, 1.165) is 0 Å². The van der Waals surface area contributed by atoms with Gasteiger partial charge in [-0.2, -0.15) is 0 Å². The molecular weight excluding hydrogens is 472 g/mol. The van der Waals surface area contributed by atoms with E-state index in [1.165, 1.54) is 27.9 Å². The normalized spacial score (nSPS) is 17.8. The van der Waals surface area contributed by atoms with Crippen LogP contribution in [0.25, 0.3) is 0 Å². The highest BCUT2D eigenvalue weighted by molar-refractivity contribution is 5.88. The Kier molecular flexibility index (Phi) is 9.75. The maximum absolute atomic E-state index is 13.0. The van der Waals surface area contributed by atoms with Crippen molar-refractivity contribution in [1.29, 1.82) is 0 Å². The molecular formula is C26H36O10. The van der Waals surface area contributed by atoms with Crippen molar-refractivity contribution in [3.8, 4) is 17.2 Å². The monoisotopic (exact) mass is 508 g/mol. The van der Waals surface area contributed by atoms with Crippen molar-refractivity contribution < 1.29 is 47.9 Å².